The van der Waals surface area contributed by atoms with Gasteiger partial charge in [0.2, 0.25) is 0 Å². The molecule has 0 bridgehead atoms. The zero-order chi connectivity index (χ0) is 8.72. The Balaban J connectivity index is 2.51. The van der Waals surface area contributed by atoms with E-state index in [1.54, 1.807) is 12.1 Å². The van der Waals surface area contributed by atoms with Crippen molar-refractivity contribution in [2.75, 3.05) is 6.61 Å². The SMILES string of the molecule is Oc1c(I)cc(Cl)cc1C1CO1. The van der Waals surface area contributed by atoms with Crippen LogP contribution < -0.4 is 0 Å². The quantitative estimate of drug-likeness (QED) is 0.638. The fourth-order valence-corrected chi connectivity index (χ4v) is 2.12. The molecule has 1 atom stereocenters. The summed E-state index contributed by atoms with van der Waals surface area (Å²) in [5.74, 6) is 0.294. The number of phenols is 1. The molecule has 12 heavy (non-hydrogen) atoms. The van der Waals surface area contributed by atoms with Gasteiger partial charge in [-0.15, -0.1) is 0 Å². The topological polar surface area (TPSA) is 32.8 Å². The van der Waals surface area contributed by atoms with Gasteiger partial charge in [0.25, 0.3) is 0 Å². The van der Waals surface area contributed by atoms with E-state index < -0.39 is 0 Å². The van der Waals surface area contributed by atoms with E-state index in [2.05, 4.69) is 0 Å². The van der Waals surface area contributed by atoms with Crippen LogP contribution in [0.1, 0.15) is 11.7 Å². The first kappa shape index (κ1) is 8.59. The summed E-state index contributed by atoms with van der Waals surface area (Å²) in [6.07, 6.45) is 0.0530. The van der Waals surface area contributed by atoms with Gasteiger partial charge in [-0.1, -0.05) is 11.6 Å². The van der Waals surface area contributed by atoms with Crippen LogP contribution in [0.5, 0.6) is 5.75 Å². The van der Waals surface area contributed by atoms with E-state index in [4.69, 9.17) is 16.3 Å². The number of hydrogen-bond donors (Lipinski definition) is 1. The molecule has 1 N–H and O–H groups in total. The Hall–Kier alpha value is -0.0000000000000000763. The molecule has 0 aliphatic carbocycles. The van der Waals surface area contributed by atoms with E-state index in [9.17, 15) is 5.11 Å². The molecule has 0 saturated carbocycles. The van der Waals surface area contributed by atoms with Crippen molar-refractivity contribution in [2.45, 2.75) is 6.10 Å². The number of phenolic OH excluding ortho intramolecular Hbond substituents is 1. The van der Waals surface area contributed by atoms with Crippen molar-refractivity contribution in [3.8, 4) is 5.75 Å². The average Bonchev–Trinajstić information content (AvgIpc) is 2.79. The highest BCUT2D eigenvalue weighted by molar-refractivity contribution is 14.1. The molecule has 2 rings (SSSR count). The zero-order valence-corrected chi connectivity index (χ0v) is 8.96. The molecule has 0 spiro atoms. The molecule has 4 heteroatoms. The minimum Gasteiger partial charge on any atom is -0.506 e. The molecule has 0 amide bonds. The van der Waals surface area contributed by atoms with Gasteiger partial charge in [0.05, 0.1) is 10.2 Å². The lowest BCUT2D eigenvalue weighted by molar-refractivity contribution is 0.400. The van der Waals surface area contributed by atoms with Crippen molar-refractivity contribution < 1.29 is 9.84 Å². The van der Waals surface area contributed by atoms with Gasteiger partial charge in [-0.2, -0.15) is 0 Å². The van der Waals surface area contributed by atoms with Crippen molar-refractivity contribution in [1.82, 2.24) is 0 Å². The fraction of sp³-hybridized carbons (Fsp3) is 0.250. The van der Waals surface area contributed by atoms with E-state index in [0.717, 1.165) is 9.13 Å². The Bertz CT molecular complexity index is 323. The van der Waals surface area contributed by atoms with Gasteiger partial charge in [0.15, 0.2) is 0 Å². The number of halogens is 2. The number of ether oxygens (including phenoxy) is 1. The van der Waals surface area contributed by atoms with E-state index in [1.807, 2.05) is 22.6 Å². The summed E-state index contributed by atoms with van der Waals surface area (Å²) in [5.41, 5.74) is 0.798. The first-order valence-electron chi connectivity index (χ1n) is 3.48. The van der Waals surface area contributed by atoms with Crippen LogP contribution in [0, 0.1) is 3.57 Å². The predicted octanol–water partition coefficient (Wildman–Crippen LogP) is 2.72. The minimum absolute atomic E-state index is 0.0530. The zero-order valence-electron chi connectivity index (χ0n) is 6.05. The monoisotopic (exact) mass is 296 g/mol. The van der Waals surface area contributed by atoms with Gasteiger partial charge >= 0.3 is 0 Å². The number of epoxide rings is 1. The summed E-state index contributed by atoms with van der Waals surface area (Å²) in [5, 5.41) is 10.2. The van der Waals surface area contributed by atoms with Crippen LogP contribution in [0.25, 0.3) is 0 Å². The fourth-order valence-electron chi connectivity index (χ4n) is 1.06. The molecule has 1 aliphatic heterocycles. The molecule has 1 aromatic rings. The molecule has 1 heterocycles. The molecular weight excluding hydrogens is 290 g/mol. The van der Waals surface area contributed by atoms with E-state index in [-0.39, 0.29) is 6.10 Å². The minimum atomic E-state index is 0.0530. The molecular formula is C8H6ClIO2. The Labute approximate surface area is 88.6 Å². The summed E-state index contributed by atoms with van der Waals surface area (Å²) in [6, 6.07) is 3.47. The smallest absolute Gasteiger partial charge is 0.134 e. The van der Waals surface area contributed by atoms with Gasteiger partial charge in [-0.05, 0) is 34.7 Å². The maximum absolute atomic E-state index is 9.59. The van der Waals surface area contributed by atoms with Crippen molar-refractivity contribution in [2.24, 2.45) is 0 Å². The van der Waals surface area contributed by atoms with Gasteiger partial charge < -0.3 is 9.84 Å². The van der Waals surface area contributed by atoms with Crippen LogP contribution in [0.4, 0.5) is 0 Å². The second-order valence-corrected chi connectivity index (χ2v) is 4.25. The van der Waals surface area contributed by atoms with Crippen LogP contribution >= 0.6 is 34.2 Å². The second kappa shape index (κ2) is 3.05. The van der Waals surface area contributed by atoms with Crippen LogP contribution in [0.3, 0.4) is 0 Å². The summed E-state index contributed by atoms with van der Waals surface area (Å²) in [6.45, 7) is 0.685. The molecule has 1 aromatic carbocycles. The predicted molar refractivity (Wildman–Crippen MR) is 54.5 cm³/mol. The highest BCUT2D eigenvalue weighted by Crippen LogP contribution is 2.39. The lowest BCUT2D eigenvalue weighted by atomic mass is 10.1. The molecule has 0 aromatic heterocycles. The highest BCUT2D eigenvalue weighted by atomic mass is 127. The Morgan fingerprint density at radius 2 is 2.25 bits per heavy atom. The largest absolute Gasteiger partial charge is 0.506 e. The first-order chi connectivity index (χ1) is 5.68. The summed E-state index contributed by atoms with van der Waals surface area (Å²) in [4.78, 5) is 0. The summed E-state index contributed by atoms with van der Waals surface area (Å²) >= 11 is 7.87. The van der Waals surface area contributed by atoms with Crippen molar-refractivity contribution in [3.05, 3.63) is 26.3 Å². The average molecular weight is 296 g/mol. The van der Waals surface area contributed by atoms with Crippen molar-refractivity contribution in [1.29, 1.82) is 0 Å². The van der Waals surface area contributed by atoms with Gasteiger partial charge in [0, 0.05) is 10.6 Å². The van der Waals surface area contributed by atoms with E-state index in [1.165, 1.54) is 0 Å². The van der Waals surface area contributed by atoms with Crippen LogP contribution in [0.15, 0.2) is 12.1 Å². The van der Waals surface area contributed by atoms with Crippen LogP contribution in [0.2, 0.25) is 5.02 Å². The maximum Gasteiger partial charge on any atom is 0.134 e. The standard InChI is InChI=1S/C8H6ClIO2/c9-4-1-5(7-3-12-7)8(11)6(10)2-4/h1-2,7,11H,3H2. The highest BCUT2D eigenvalue weighted by Gasteiger charge is 2.28. The lowest BCUT2D eigenvalue weighted by Crippen LogP contribution is -1.85. The third-order valence-electron chi connectivity index (χ3n) is 1.74. The molecule has 0 radical (unpaired) electrons. The number of benzene rings is 1. The third kappa shape index (κ3) is 1.53. The molecule has 64 valence electrons. The van der Waals surface area contributed by atoms with Crippen LogP contribution in [-0.2, 0) is 4.74 Å². The van der Waals surface area contributed by atoms with E-state index in [0.29, 0.717) is 17.4 Å². The Kier molecular flexibility index (Phi) is 2.18. The number of hydrogen-bond acceptors (Lipinski definition) is 2. The molecule has 1 aliphatic rings. The molecule has 1 fully saturated rings. The lowest BCUT2D eigenvalue weighted by Gasteiger charge is -2.03. The van der Waals surface area contributed by atoms with Crippen molar-refractivity contribution >= 4 is 34.2 Å². The normalized spacial score (nSPS) is 21.0. The number of rotatable bonds is 1. The summed E-state index contributed by atoms with van der Waals surface area (Å²) in [7, 11) is 0. The Morgan fingerprint density at radius 1 is 1.58 bits per heavy atom. The van der Waals surface area contributed by atoms with Crippen LogP contribution in [-0.4, -0.2) is 11.7 Å². The van der Waals surface area contributed by atoms with Gasteiger partial charge in [-0.25, -0.2) is 0 Å². The molecule has 1 unspecified atom stereocenters. The first-order valence-corrected chi connectivity index (χ1v) is 4.93. The van der Waals surface area contributed by atoms with Gasteiger partial charge in [0.1, 0.15) is 11.9 Å². The maximum atomic E-state index is 9.59. The second-order valence-electron chi connectivity index (χ2n) is 2.65. The Morgan fingerprint density at radius 3 is 2.83 bits per heavy atom. The third-order valence-corrected chi connectivity index (χ3v) is 2.78. The van der Waals surface area contributed by atoms with Crippen molar-refractivity contribution in [3.63, 3.8) is 0 Å². The molecule has 2 nitrogen and oxygen atoms in total. The summed E-state index contributed by atoms with van der Waals surface area (Å²) < 4.78 is 5.83. The molecule has 1 saturated heterocycles. The van der Waals surface area contributed by atoms with Gasteiger partial charge in [-0.3, -0.25) is 0 Å². The number of aromatic hydroxyl groups is 1. The van der Waals surface area contributed by atoms with E-state index >= 15 is 0 Å².